The van der Waals surface area contributed by atoms with Crippen molar-refractivity contribution in [2.45, 2.75) is 13.3 Å². The van der Waals surface area contributed by atoms with Crippen LogP contribution in [0.1, 0.15) is 39.5 Å². The van der Waals surface area contributed by atoms with Gasteiger partial charge in [0.1, 0.15) is 0 Å². The Kier molecular flexibility index (Phi) is 5.95. The Morgan fingerprint density at radius 3 is 1.73 bits per heavy atom. The minimum Gasteiger partial charge on any atom is -0.289 e. The lowest BCUT2D eigenvalue weighted by molar-refractivity contribution is 0.104. The lowest BCUT2D eigenvalue weighted by Gasteiger charge is -1.99. The zero-order chi connectivity index (χ0) is 18.2. The molecule has 0 bridgehead atoms. The summed E-state index contributed by atoms with van der Waals surface area (Å²) in [5.41, 5.74) is 5.40. The average molecular weight is 338 g/mol. The fourth-order valence-corrected chi connectivity index (χ4v) is 2.65. The highest BCUT2D eigenvalue weighted by Gasteiger charge is 1.99. The van der Waals surface area contributed by atoms with Gasteiger partial charge in [0.15, 0.2) is 5.78 Å². The van der Waals surface area contributed by atoms with Crippen LogP contribution in [-0.2, 0) is 6.42 Å². The highest BCUT2D eigenvalue weighted by molar-refractivity contribution is 6.06. The first-order chi connectivity index (χ1) is 12.7. The third-order valence-electron chi connectivity index (χ3n) is 4.28. The fourth-order valence-electron chi connectivity index (χ4n) is 2.65. The van der Waals surface area contributed by atoms with Gasteiger partial charge in [-0.05, 0) is 34.8 Å². The Bertz CT molecular complexity index is 899. The predicted molar refractivity (Wildman–Crippen MR) is 111 cm³/mol. The molecule has 0 spiro atoms. The third-order valence-corrected chi connectivity index (χ3v) is 4.28. The summed E-state index contributed by atoms with van der Waals surface area (Å²) in [5.74, 6) is 0.0186. The van der Waals surface area contributed by atoms with Gasteiger partial charge in [-0.3, -0.25) is 4.79 Å². The van der Waals surface area contributed by atoms with Crippen molar-refractivity contribution >= 4 is 24.0 Å². The van der Waals surface area contributed by atoms with Gasteiger partial charge < -0.3 is 0 Å². The summed E-state index contributed by atoms with van der Waals surface area (Å²) in [4.78, 5) is 12.1. The maximum absolute atomic E-state index is 12.1. The molecule has 0 saturated carbocycles. The zero-order valence-electron chi connectivity index (χ0n) is 14.9. The first-order valence-electron chi connectivity index (χ1n) is 8.89. The lowest BCUT2D eigenvalue weighted by atomic mass is 10.1. The van der Waals surface area contributed by atoms with Crippen molar-refractivity contribution in [3.8, 4) is 0 Å². The van der Waals surface area contributed by atoms with Gasteiger partial charge in [0.25, 0.3) is 0 Å². The molecule has 3 aromatic carbocycles. The van der Waals surface area contributed by atoms with E-state index >= 15 is 0 Å². The Labute approximate surface area is 155 Å². The number of allylic oxidation sites excluding steroid dienone is 1. The van der Waals surface area contributed by atoms with Crippen molar-refractivity contribution < 1.29 is 4.79 Å². The van der Waals surface area contributed by atoms with Gasteiger partial charge in [0, 0.05) is 5.56 Å². The molecule has 0 fully saturated rings. The summed E-state index contributed by atoms with van der Waals surface area (Å²) in [6.07, 6.45) is 8.75. The molecule has 0 radical (unpaired) electrons. The molecule has 1 nitrogen and oxygen atoms in total. The van der Waals surface area contributed by atoms with Gasteiger partial charge in [-0.25, -0.2) is 0 Å². The molecule has 26 heavy (non-hydrogen) atoms. The molecule has 0 aliphatic carbocycles. The highest BCUT2D eigenvalue weighted by Crippen LogP contribution is 2.12. The second-order valence-corrected chi connectivity index (χ2v) is 6.16. The summed E-state index contributed by atoms with van der Waals surface area (Å²) >= 11 is 0. The molecule has 0 N–H and O–H groups in total. The topological polar surface area (TPSA) is 17.1 Å². The Balaban J connectivity index is 1.63. The van der Waals surface area contributed by atoms with Crippen LogP contribution < -0.4 is 0 Å². The molecule has 0 aliphatic heterocycles. The van der Waals surface area contributed by atoms with Crippen molar-refractivity contribution in [2.24, 2.45) is 0 Å². The van der Waals surface area contributed by atoms with Gasteiger partial charge in [-0.2, -0.15) is 0 Å². The van der Waals surface area contributed by atoms with Gasteiger partial charge in [0.05, 0.1) is 0 Å². The van der Waals surface area contributed by atoms with Crippen LogP contribution in [0.3, 0.4) is 0 Å². The number of rotatable bonds is 6. The van der Waals surface area contributed by atoms with Gasteiger partial charge >= 0.3 is 0 Å². The van der Waals surface area contributed by atoms with Gasteiger partial charge in [-0.15, -0.1) is 0 Å². The lowest BCUT2D eigenvalue weighted by Crippen LogP contribution is -1.92. The molecule has 0 saturated heterocycles. The standard InChI is InChI=1S/C25H22O/c1-2-20-8-10-21(11-9-20)12-13-22-14-16-23(17-15-22)18-19-25(26)24-6-4-3-5-7-24/h3-19H,2H2,1H3/b13-12+,19-18+. The number of aryl methyl sites for hydroxylation is 1. The van der Waals surface area contributed by atoms with Crippen molar-refractivity contribution in [3.05, 3.63) is 113 Å². The smallest absolute Gasteiger partial charge is 0.185 e. The molecule has 1 heteroatoms. The first-order valence-corrected chi connectivity index (χ1v) is 8.89. The molecule has 0 heterocycles. The average Bonchev–Trinajstić information content (AvgIpc) is 2.72. The molecule has 0 unspecified atom stereocenters. The van der Waals surface area contributed by atoms with Crippen LogP contribution in [0.2, 0.25) is 0 Å². The van der Waals surface area contributed by atoms with E-state index in [0.717, 1.165) is 17.5 Å². The molecule has 128 valence electrons. The SMILES string of the molecule is CCc1ccc(/C=C/c2ccc(/C=C/C(=O)c3ccccc3)cc2)cc1. The second-order valence-electron chi connectivity index (χ2n) is 6.16. The van der Waals surface area contributed by atoms with E-state index in [4.69, 9.17) is 0 Å². The quantitative estimate of drug-likeness (QED) is 0.292. The molecular weight excluding hydrogens is 316 g/mol. The molecular formula is C25H22O. The molecule has 0 aromatic heterocycles. The van der Waals surface area contributed by atoms with Crippen LogP contribution in [0.4, 0.5) is 0 Å². The van der Waals surface area contributed by atoms with Crippen LogP contribution >= 0.6 is 0 Å². The number of hydrogen-bond donors (Lipinski definition) is 0. The summed E-state index contributed by atoms with van der Waals surface area (Å²) in [6.45, 7) is 2.16. The molecule has 3 aromatic rings. The second kappa shape index (κ2) is 8.77. The summed E-state index contributed by atoms with van der Waals surface area (Å²) < 4.78 is 0. The number of hydrogen-bond acceptors (Lipinski definition) is 1. The zero-order valence-corrected chi connectivity index (χ0v) is 14.9. The number of benzene rings is 3. The minimum atomic E-state index is 0.0186. The predicted octanol–water partition coefficient (Wildman–Crippen LogP) is 6.32. The maximum Gasteiger partial charge on any atom is 0.185 e. The Morgan fingerprint density at radius 1 is 0.692 bits per heavy atom. The van der Waals surface area contributed by atoms with Crippen LogP contribution in [0, 0.1) is 0 Å². The van der Waals surface area contributed by atoms with E-state index in [1.807, 2.05) is 48.5 Å². The Hall–Kier alpha value is -3.19. The number of ketones is 1. The monoisotopic (exact) mass is 338 g/mol. The molecule has 3 rings (SSSR count). The van der Waals surface area contributed by atoms with Crippen LogP contribution in [-0.4, -0.2) is 5.78 Å². The summed E-state index contributed by atoms with van der Waals surface area (Å²) in [7, 11) is 0. The van der Waals surface area contributed by atoms with Crippen molar-refractivity contribution in [3.63, 3.8) is 0 Å². The van der Waals surface area contributed by atoms with Crippen molar-refractivity contribution in [1.82, 2.24) is 0 Å². The molecule has 0 amide bonds. The van der Waals surface area contributed by atoms with Crippen molar-refractivity contribution in [1.29, 1.82) is 0 Å². The normalized spacial score (nSPS) is 11.3. The van der Waals surface area contributed by atoms with E-state index in [1.165, 1.54) is 11.1 Å². The van der Waals surface area contributed by atoms with E-state index in [2.05, 4.69) is 55.5 Å². The van der Waals surface area contributed by atoms with Gasteiger partial charge in [-0.1, -0.05) is 104 Å². The largest absolute Gasteiger partial charge is 0.289 e. The van der Waals surface area contributed by atoms with E-state index in [0.29, 0.717) is 5.56 Å². The number of carbonyl (C=O) groups is 1. The first kappa shape index (κ1) is 17.6. The van der Waals surface area contributed by atoms with E-state index in [1.54, 1.807) is 6.08 Å². The van der Waals surface area contributed by atoms with Crippen LogP contribution in [0.15, 0.2) is 84.9 Å². The van der Waals surface area contributed by atoms with E-state index in [-0.39, 0.29) is 5.78 Å². The van der Waals surface area contributed by atoms with Gasteiger partial charge in [0.2, 0.25) is 0 Å². The summed E-state index contributed by atoms with van der Waals surface area (Å²) in [6, 6.07) is 26.1. The Morgan fingerprint density at radius 2 is 1.19 bits per heavy atom. The third kappa shape index (κ3) is 4.90. The fraction of sp³-hybridized carbons (Fsp3) is 0.0800. The molecule has 0 atom stereocenters. The van der Waals surface area contributed by atoms with Crippen LogP contribution in [0.5, 0.6) is 0 Å². The van der Waals surface area contributed by atoms with E-state index < -0.39 is 0 Å². The van der Waals surface area contributed by atoms with E-state index in [9.17, 15) is 4.79 Å². The number of carbonyl (C=O) groups excluding carboxylic acids is 1. The highest BCUT2D eigenvalue weighted by atomic mass is 16.1. The minimum absolute atomic E-state index is 0.0186. The van der Waals surface area contributed by atoms with Crippen molar-refractivity contribution in [2.75, 3.05) is 0 Å². The van der Waals surface area contributed by atoms with Crippen LogP contribution in [0.25, 0.3) is 18.2 Å². The molecule has 0 aliphatic rings. The summed E-state index contributed by atoms with van der Waals surface area (Å²) in [5, 5.41) is 0. The maximum atomic E-state index is 12.1.